The molecular formula is C23H25NO7. The standard InChI is InChI=1S/C23H25NO7/c1-28-19-10-17(11-20(29-2)22(19)30-3)23(27)24-12-21(26)31-13-18(25)16-8-7-14-5-4-6-15(14)9-16/h7-11H,4-6,12-13H2,1-3H3,(H,24,27). The van der Waals surface area contributed by atoms with Crippen molar-refractivity contribution < 1.29 is 33.3 Å². The molecule has 0 bridgehead atoms. The van der Waals surface area contributed by atoms with Gasteiger partial charge in [0, 0.05) is 11.1 Å². The summed E-state index contributed by atoms with van der Waals surface area (Å²) in [5.74, 6) is -0.537. The van der Waals surface area contributed by atoms with Crippen LogP contribution in [0.1, 0.15) is 38.3 Å². The number of esters is 1. The summed E-state index contributed by atoms with van der Waals surface area (Å²) in [5, 5.41) is 2.46. The van der Waals surface area contributed by atoms with Gasteiger partial charge >= 0.3 is 5.97 Å². The average Bonchev–Trinajstić information content (AvgIpc) is 3.27. The van der Waals surface area contributed by atoms with Gasteiger partial charge in [0.1, 0.15) is 6.54 Å². The minimum absolute atomic E-state index is 0.219. The van der Waals surface area contributed by atoms with E-state index in [9.17, 15) is 14.4 Å². The van der Waals surface area contributed by atoms with Crippen LogP contribution >= 0.6 is 0 Å². The molecule has 1 aliphatic rings. The Morgan fingerprint density at radius 1 is 0.871 bits per heavy atom. The maximum absolute atomic E-state index is 12.4. The van der Waals surface area contributed by atoms with Gasteiger partial charge < -0.3 is 24.3 Å². The number of methoxy groups -OCH3 is 3. The van der Waals surface area contributed by atoms with E-state index in [1.807, 2.05) is 12.1 Å². The summed E-state index contributed by atoms with van der Waals surface area (Å²) in [6, 6.07) is 8.52. The number of hydrogen-bond donors (Lipinski definition) is 1. The molecule has 8 heteroatoms. The number of fused-ring (bicyclic) bond motifs is 1. The predicted molar refractivity (Wildman–Crippen MR) is 112 cm³/mol. The lowest BCUT2D eigenvalue weighted by Crippen LogP contribution is -2.31. The molecular weight excluding hydrogens is 402 g/mol. The van der Waals surface area contributed by atoms with E-state index in [2.05, 4.69) is 5.32 Å². The monoisotopic (exact) mass is 427 g/mol. The highest BCUT2D eigenvalue weighted by Crippen LogP contribution is 2.38. The van der Waals surface area contributed by atoms with Crippen molar-refractivity contribution in [2.24, 2.45) is 0 Å². The van der Waals surface area contributed by atoms with Crippen molar-refractivity contribution in [3.63, 3.8) is 0 Å². The molecule has 0 heterocycles. The van der Waals surface area contributed by atoms with E-state index in [1.165, 1.54) is 44.6 Å². The number of ketones is 1. The zero-order valence-electron chi connectivity index (χ0n) is 17.8. The number of nitrogens with one attached hydrogen (secondary N) is 1. The number of Topliss-reactive ketones (excluding diaryl/α,β-unsaturated/α-hetero) is 1. The third-order valence-corrected chi connectivity index (χ3v) is 5.10. The molecule has 0 aromatic heterocycles. The second-order valence-electron chi connectivity index (χ2n) is 7.02. The first-order chi connectivity index (χ1) is 15.0. The highest BCUT2D eigenvalue weighted by molar-refractivity contribution is 5.99. The molecule has 3 rings (SSSR count). The van der Waals surface area contributed by atoms with Crippen LogP contribution in [0.15, 0.2) is 30.3 Å². The van der Waals surface area contributed by atoms with Crippen molar-refractivity contribution in [2.45, 2.75) is 19.3 Å². The summed E-state index contributed by atoms with van der Waals surface area (Å²) < 4.78 is 20.7. The first-order valence-electron chi connectivity index (χ1n) is 9.85. The van der Waals surface area contributed by atoms with Crippen molar-refractivity contribution in [1.29, 1.82) is 0 Å². The molecule has 1 aliphatic carbocycles. The smallest absolute Gasteiger partial charge is 0.325 e. The van der Waals surface area contributed by atoms with Gasteiger partial charge in [-0.2, -0.15) is 0 Å². The van der Waals surface area contributed by atoms with Gasteiger partial charge in [0.2, 0.25) is 5.75 Å². The molecule has 0 saturated heterocycles. The van der Waals surface area contributed by atoms with E-state index in [1.54, 1.807) is 6.07 Å². The average molecular weight is 427 g/mol. The fraction of sp³-hybridized carbons (Fsp3) is 0.348. The summed E-state index contributed by atoms with van der Waals surface area (Å²) in [7, 11) is 4.34. The minimum atomic E-state index is -0.713. The molecule has 164 valence electrons. The predicted octanol–water partition coefficient (Wildman–Crippen LogP) is 2.36. The summed E-state index contributed by atoms with van der Waals surface area (Å²) in [6.45, 7) is -0.759. The van der Waals surface area contributed by atoms with Crippen molar-refractivity contribution in [2.75, 3.05) is 34.5 Å². The quantitative estimate of drug-likeness (QED) is 0.484. The maximum atomic E-state index is 12.4. The van der Waals surface area contributed by atoms with E-state index in [-0.39, 0.29) is 24.5 Å². The van der Waals surface area contributed by atoms with Gasteiger partial charge in [0.15, 0.2) is 23.9 Å². The van der Waals surface area contributed by atoms with E-state index < -0.39 is 11.9 Å². The van der Waals surface area contributed by atoms with Gasteiger partial charge in [0.25, 0.3) is 5.91 Å². The van der Waals surface area contributed by atoms with Crippen LogP contribution in [0.25, 0.3) is 0 Å². The number of benzene rings is 2. The van der Waals surface area contributed by atoms with E-state index in [0.717, 1.165) is 19.3 Å². The van der Waals surface area contributed by atoms with Gasteiger partial charge in [-0.1, -0.05) is 12.1 Å². The normalized spacial score (nSPS) is 12.0. The molecule has 0 fully saturated rings. The second kappa shape index (κ2) is 9.97. The largest absolute Gasteiger partial charge is 0.493 e. The van der Waals surface area contributed by atoms with Crippen molar-refractivity contribution in [3.05, 3.63) is 52.6 Å². The fourth-order valence-corrected chi connectivity index (χ4v) is 3.49. The van der Waals surface area contributed by atoms with Crippen molar-refractivity contribution in [1.82, 2.24) is 5.32 Å². The van der Waals surface area contributed by atoms with Crippen molar-refractivity contribution in [3.8, 4) is 17.2 Å². The van der Waals surface area contributed by atoms with E-state index >= 15 is 0 Å². The molecule has 8 nitrogen and oxygen atoms in total. The Labute approximate surface area is 180 Å². The van der Waals surface area contributed by atoms with Gasteiger partial charge in [-0.25, -0.2) is 0 Å². The van der Waals surface area contributed by atoms with Gasteiger partial charge in [-0.15, -0.1) is 0 Å². The molecule has 0 saturated carbocycles. The second-order valence-corrected chi connectivity index (χ2v) is 7.02. The first kappa shape index (κ1) is 22.1. The lowest BCUT2D eigenvalue weighted by molar-refractivity contribution is -0.141. The SMILES string of the molecule is COc1cc(C(=O)NCC(=O)OCC(=O)c2ccc3c(c2)CCC3)cc(OC)c1OC. The molecule has 0 aliphatic heterocycles. The fourth-order valence-electron chi connectivity index (χ4n) is 3.49. The lowest BCUT2D eigenvalue weighted by atomic mass is 10.0. The highest BCUT2D eigenvalue weighted by atomic mass is 16.5. The minimum Gasteiger partial charge on any atom is -0.493 e. The maximum Gasteiger partial charge on any atom is 0.325 e. The molecule has 0 radical (unpaired) electrons. The number of carbonyl (C=O) groups excluding carboxylic acids is 3. The molecule has 0 spiro atoms. The lowest BCUT2D eigenvalue weighted by Gasteiger charge is -2.14. The molecule has 0 atom stereocenters. The van der Waals surface area contributed by atoms with E-state index in [0.29, 0.717) is 22.8 Å². The number of amides is 1. The van der Waals surface area contributed by atoms with Crippen LogP contribution in [-0.4, -0.2) is 52.1 Å². The Hall–Kier alpha value is -3.55. The number of carbonyl (C=O) groups is 3. The van der Waals surface area contributed by atoms with Gasteiger partial charge in [0.05, 0.1) is 21.3 Å². The molecule has 0 unspecified atom stereocenters. The molecule has 2 aromatic rings. The third kappa shape index (κ3) is 5.14. The number of hydrogen-bond acceptors (Lipinski definition) is 7. The summed E-state index contributed by atoms with van der Waals surface area (Å²) >= 11 is 0. The Balaban J connectivity index is 1.53. The Bertz CT molecular complexity index is 974. The number of rotatable bonds is 9. The van der Waals surface area contributed by atoms with Crippen LogP contribution in [-0.2, 0) is 22.4 Å². The van der Waals surface area contributed by atoms with Crippen LogP contribution in [0, 0.1) is 0 Å². The topological polar surface area (TPSA) is 100 Å². The summed E-state index contributed by atoms with van der Waals surface area (Å²) in [6.07, 6.45) is 3.08. The van der Waals surface area contributed by atoms with Crippen LogP contribution in [0.5, 0.6) is 17.2 Å². The van der Waals surface area contributed by atoms with Gasteiger partial charge in [-0.3, -0.25) is 14.4 Å². The molecule has 1 amide bonds. The number of ether oxygens (including phenoxy) is 4. The van der Waals surface area contributed by atoms with Crippen LogP contribution in [0.2, 0.25) is 0 Å². The van der Waals surface area contributed by atoms with Crippen LogP contribution in [0.4, 0.5) is 0 Å². The Kier molecular flexibility index (Phi) is 7.12. The van der Waals surface area contributed by atoms with Crippen LogP contribution < -0.4 is 19.5 Å². The zero-order valence-corrected chi connectivity index (χ0v) is 17.8. The molecule has 31 heavy (non-hydrogen) atoms. The van der Waals surface area contributed by atoms with Gasteiger partial charge in [-0.05, 0) is 48.6 Å². The summed E-state index contributed by atoms with van der Waals surface area (Å²) in [4.78, 5) is 36.7. The third-order valence-electron chi connectivity index (χ3n) is 5.10. The Morgan fingerprint density at radius 2 is 1.55 bits per heavy atom. The molecule has 2 aromatic carbocycles. The highest BCUT2D eigenvalue weighted by Gasteiger charge is 2.19. The van der Waals surface area contributed by atoms with E-state index in [4.69, 9.17) is 18.9 Å². The number of aryl methyl sites for hydroxylation is 2. The van der Waals surface area contributed by atoms with Crippen molar-refractivity contribution >= 4 is 17.7 Å². The zero-order chi connectivity index (χ0) is 22.4. The first-order valence-corrected chi connectivity index (χ1v) is 9.85. The van der Waals surface area contributed by atoms with Crippen LogP contribution in [0.3, 0.4) is 0 Å². The molecule has 1 N–H and O–H groups in total. The summed E-state index contributed by atoms with van der Waals surface area (Å²) in [5.41, 5.74) is 3.18. The Morgan fingerprint density at radius 3 is 2.19 bits per heavy atom.